The summed E-state index contributed by atoms with van der Waals surface area (Å²) in [6.07, 6.45) is 0. The van der Waals surface area contributed by atoms with Gasteiger partial charge in [0, 0.05) is 36.8 Å². The van der Waals surface area contributed by atoms with Gasteiger partial charge in [0.15, 0.2) is 0 Å². The van der Waals surface area contributed by atoms with Crippen LogP contribution in [0, 0.1) is 12.8 Å². The van der Waals surface area contributed by atoms with Crippen molar-refractivity contribution >= 4 is 21.6 Å². The summed E-state index contributed by atoms with van der Waals surface area (Å²) < 4.78 is 32.9. The number of benzene rings is 2. The molecule has 1 fully saturated rings. The van der Waals surface area contributed by atoms with Crippen LogP contribution in [0.1, 0.15) is 15.9 Å². The van der Waals surface area contributed by atoms with E-state index in [1.165, 1.54) is 12.1 Å². The van der Waals surface area contributed by atoms with Crippen molar-refractivity contribution in [1.29, 1.82) is 0 Å². The smallest absolute Gasteiger partial charge is 0.261 e. The lowest BCUT2D eigenvalue weighted by atomic mass is 10.0. The van der Waals surface area contributed by atoms with Crippen LogP contribution >= 0.6 is 0 Å². The molecule has 1 heterocycles. The van der Waals surface area contributed by atoms with Gasteiger partial charge in [-0.25, -0.2) is 8.42 Å². The van der Waals surface area contributed by atoms with E-state index in [9.17, 15) is 13.2 Å². The van der Waals surface area contributed by atoms with Crippen LogP contribution in [0.5, 0.6) is 5.75 Å². The molecule has 3 rings (SSSR count). The number of ether oxygens (including phenoxy) is 1. The molecule has 0 bridgehead atoms. The van der Waals surface area contributed by atoms with Gasteiger partial charge in [-0.05, 0) is 48.9 Å². The summed E-state index contributed by atoms with van der Waals surface area (Å²) in [5.41, 5.74) is 1.50. The molecule has 7 nitrogen and oxygen atoms in total. The number of anilines is 1. The Morgan fingerprint density at radius 1 is 1.19 bits per heavy atom. The van der Waals surface area contributed by atoms with Gasteiger partial charge in [-0.15, -0.1) is 0 Å². The first-order chi connectivity index (χ1) is 12.9. The van der Waals surface area contributed by atoms with E-state index in [0.29, 0.717) is 29.5 Å². The number of methoxy groups -OCH3 is 1. The number of carbonyl (C=O) groups excluding carboxylic acids is 1. The Labute approximate surface area is 159 Å². The van der Waals surface area contributed by atoms with Crippen molar-refractivity contribution in [1.82, 2.24) is 10.6 Å². The van der Waals surface area contributed by atoms with Gasteiger partial charge in [0.2, 0.25) is 0 Å². The molecular formula is C19H23N3O4S. The molecule has 1 aliphatic rings. The van der Waals surface area contributed by atoms with Gasteiger partial charge in [-0.3, -0.25) is 9.52 Å². The van der Waals surface area contributed by atoms with Crippen LogP contribution in [0.4, 0.5) is 5.69 Å². The van der Waals surface area contributed by atoms with Crippen molar-refractivity contribution in [3.05, 3.63) is 53.6 Å². The van der Waals surface area contributed by atoms with Gasteiger partial charge in [0.1, 0.15) is 5.75 Å². The average Bonchev–Trinajstić information content (AvgIpc) is 2.60. The van der Waals surface area contributed by atoms with E-state index in [1.54, 1.807) is 44.4 Å². The lowest BCUT2D eigenvalue weighted by Gasteiger charge is -2.27. The molecule has 3 N–H and O–H groups in total. The minimum Gasteiger partial charge on any atom is -0.497 e. The Kier molecular flexibility index (Phi) is 5.67. The number of sulfonamides is 1. The SMILES string of the molecule is COc1ccc(NS(=O)(=O)c2ccc(C)c(C(=O)NCC3CNC3)c2)cc1. The predicted molar refractivity (Wildman–Crippen MR) is 104 cm³/mol. The number of nitrogens with one attached hydrogen (secondary N) is 3. The molecule has 0 aliphatic carbocycles. The second kappa shape index (κ2) is 7.98. The second-order valence-electron chi connectivity index (χ2n) is 6.55. The molecule has 0 radical (unpaired) electrons. The van der Waals surface area contributed by atoms with Crippen molar-refractivity contribution in [2.45, 2.75) is 11.8 Å². The molecule has 0 aromatic heterocycles. The lowest BCUT2D eigenvalue weighted by molar-refractivity contribution is 0.0941. The molecule has 0 unspecified atom stereocenters. The Hall–Kier alpha value is -2.58. The van der Waals surface area contributed by atoms with Crippen LogP contribution in [0.15, 0.2) is 47.4 Å². The fourth-order valence-corrected chi connectivity index (χ4v) is 3.80. The largest absolute Gasteiger partial charge is 0.497 e. The molecule has 2 aromatic carbocycles. The van der Waals surface area contributed by atoms with Gasteiger partial charge in [0.05, 0.1) is 12.0 Å². The molecule has 27 heavy (non-hydrogen) atoms. The fourth-order valence-electron chi connectivity index (χ4n) is 2.71. The maximum atomic E-state index is 12.7. The summed E-state index contributed by atoms with van der Waals surface area (Å²) in [5, 5.41) is 6.02. The number of hydrogen-bond acceptors (Lipinski definition) is 5. The first kappa shape index (κ1) is 19.2. The zero-order chi connectivity index (χ0) is 19.4. The zero-order valence-electron chi connectivity index (χ0n) is 15.3. The molecule has 0 atom stereocenters. The molecular weight excluding hydrogens is 366 g/mol. The second-order valence-corrected chi connectivity index (χ2v) is 8.23. The van der Waals surface area contributed by atoms with Crippen LogP contribution < -0.4 is 20.1 Å². The van der Waals surface area contributed by atoms with E-state index in [-0.39, 0.29) is 10.8 Å². The molecule has 1 amide bonds. The Balaban J connectivity index is 1.76. The van der Waals surface area contributed by atoms with E-state index >= 15 is 0 Å². The highest BCUT2D eigenvalue weighted by Gasteiger charge is 2.21. The minimum atomic E-state index is -3.81. The maximum absolute atomic E-state index is 12.7. The number of rotatable bonds is 7. The summed E-state index contributed by atoms with van der Waals surface area (Å²) in [6, 6.07) is 11.1. The molecule has 0 spiro atoms. The average molecular weight is 389 g/mol. The molecule has 2 aromatic rings. The molecule has 1 saturated heterocycles. The summed E-state index contributed by atoms with van der Waals surface area (Å²) in [6.45, 7) is 4.14. The number of carbonyl (C=O) groups is 1. The first-order valence-electron chi connectivity index (χ1n) is 8.65. The quantitative estimate of drug-likeness (QED) is 0.670. The van der Waals surface area contributed by atoms with Crippen molar-refractivity contribution < 1.29 is 17.9 Å². The molecule has 1 aliphatic heterocycles. The predicted octanol–water partition coefficient (Wildman–Crippen LogP) is 1.75. The Bertz CT molecular complexity index is 922. The van der Waals surface area contributed by atoms with E-state index in [0.717, 1.165) is 18.7 Å². The van der Waals surface area contributed by atoms with Crippen molar-refractivity contribution in [2.24, 2.45) is 5.92 Å². The molecule has 0 saturated carbocycles. The standard InChI is InChI=1S/C19H23N3O4S/c1-13-3-8-17(9-18(13)19(23)21-12-14-10-20-11-14)27(24,25)22-15-4-6-16(26-2)7-5-15/h3-9,14,20,22H,10-12H2,1-2H3,(H,21,23). The van der Waals surface area contributed by atoms with Gasteiger partial charge >= 0.3 is 0 Å². The maximum Gasteiger partial charge on any atom is 0.261 e. The van der Waals surface area contributed by atoms with Gasteiger partial charge in [-0.2, -0.15) is 0 Å². The summed E-state index contributed by atoms with van der Waals surface area (Å²) in [4.78, 5) is 12.5. The molecule has 8 heteroatoms. The van der Waals surface area contributed by atoms with E-state index in [1.807, 2.05) is 0 Å². The van der Waals surface area contributed by atoms with E-state index in [2.05, 4.69) is 15.4 Å². The normalized spacial score (nSPS) is 14.3. The number of hydrogen-bond donors (Lipinski definition) is 3. The number of amides is 1. The highest BCUT2D eigenvalue weighted by atomic mass is 32.2. The third kappa shape index (κ3) is 4.58. The van der Waals surface area contributed by atoms with Crippen LogP contribution in [0.2, 0.25) is 0 Å². The van der Waals surface area contributed by atoms with E-state index in [4.69, 9.17) is 4.74 Å². The monoisotopic (exact) mass is 389 g/mol. The highest BCUT2D eigenvalue weighted by Crippen LogP contribution is 2.21. The lowest BCUT2D eigenvalue weighted by Crippen LogP contribution is -2.48. The summed E-state index contributed by atoms with van der Waals surface area (Å²) in [5.74, 6) is 0.799. The van der Waals surface area contributed by atoms with Crippen LogP contribution in [-0.4, -0.2) is 41.1 Å². The summed E-state index contributed by atoms with van der Waals surface area (Å²) >= 11 is 0. The van der Waals surface area contributed by atoms with Gasteiger partial charge in [-0.1, -0.05) is 6.07 Å². The van der Waals surface area contributed by atoms with Crippen LogP contribution in [-0.2, 0) is 10.0 Å². The Morgan fingerprint density at radius 3 is 2.48 bits per heavy atom. The Morgan fingerprint density at radius 2 is 1.89 bits per heavy atom. The third-order valence-electron chi connectivity index (χ3n) is 4.52. The van der Waals surface area contributed by atoms with Crippen molar-refractivity contribution in [3.63, 3.8) is 0 Å². The summed E-state index contributed by atoms with van der Waals surface area (Å²) in [7, 11) is -2.27. The van der Waals surface area contributed by atoms with Gasteiger partial charge < -0.3 is 15.4 Å². The van der Waals surface area contributed by atoms with Crippen molar-refractivity contribution in [2.75, 3.05) is 31.5 Å². The highest BCUT2D eigenvalue weighted by molar-refractivity contribution is 7.92. The van der Waals surface area contributed by atoms with Crippen LogP contribution in [0.3, 0.4) is 0 Å². The molecule has 144 valence electrons. The topological polar surface area (TPSA) is 96.5 Å². The first-order valence-corrected chi connectivity index (χ1v) is 10.1. The minimum absolute atomic E-state index is 0.0411. The zero-order valence-corrected chi connectivity index (χ0v) is 16.1. The van der Waals surface area contributed by atoms with Crippen molar-refractivity contribution in [3.8, 4) is 5.75 Å². The van der Waals surface area contributed by atoms with Gasteiger partial charge in [0.25, 0.3) is 15.9 Å². The third-order valence-corrected chi connectivity index (χ3v) is 5.90. The van der Waals surface area contributed by atoms with Crippen LogP contribution in [0.25, 0.3) is 0 Å². The fraction of sp³-hybridized carbons (Fsp3) is 0.316. The number of aryl methyl sites for hydroxylation is 1. The van der Waals surface area contributed by atoms with E-state index < -0.39 is 10.0 Å².